The Morgan fingerprint density at radius 2 is 1.00 bits per heavy atom. The molecule has 8 aromatic carbocycles. The van der Waals surface area contributed by atoms with Crippen molar-refractivity contribution in [2.24, 2.45) is 0 Å². The molecule has 0 N–H and O–H groups in total. The van der Waals surface area contributed by atoms with E-state index in [9.17, 15) is 0 Å². The van der Waals surface area contributed by atoms with Gasteiger partial charge < -0.3 is 13.9 Å². The highest BCUT2D eigenvalue weighted by Gasteiger charge is 2.17. The Labute approximate surface area is 330 Å². The van der Waals surface area contributed by atoms with Crippen molar-refractivity contribution in [1.82, 2.24) is 9.55 Å². The van der Waals surface area contributed by atoms with E-state index in [2.05, 4.69) is 196 Å². The molecule has 0 bridgehead atoms. The lowest BCUT2D eigenvalue weighted by molar-refractivity contribution is 0.668. The second-order valence-electron chi connectivity index (χ2n) is 14.5. The van der Waals surface area contributed by atoms with Gasteiger partial charge in [-0.1, -0.05) is 109 Å². The molecule has 0 saturated heterocycles. The van der Waals surface area contributed by atoms with E-state index < -0.39 is 0 Å². The standard InChI is InChI=1S/C53H35N3O/c1-2-15-42(16-3-1)55(43-25-22-36(23-26-43)41-14-10-30-54-35-41)44-17-9-13-39(32-44)37-11-8-12-38(31-37)40-24-29-51-49(33-40)46-18-4-6-20-50(46)56(51)45-27-28-48-47-19-5-7-21-52(47)57-53(48)34-45/h1-35H. The lowest BCUT2D eigenvalue weighted by Crippen LogP contribution is -2.09. The second kappa shape index (κ2) is 13.6. The molecular formula is C53H35N3O. The van der Waals surface area contributed by atoms with E-state index in [4.69, 9.17) is 4.42 Å². The van der Waals surface area contributed by atoms with Crippen LogP contribution < -0.4 is 4.90 Å². The fraction of sp³-hybridized carbons (Fsp3) is 0. The number of nitrogens with zero attached hydrogens (tertiary/aromatic N) is 3. The van der Waals surface area contributed by atoms with Crippen LogP contribution >= 0.6 is 0 Å². The zero-order valence-corrected chi connectivity index (χ0v) is 31.0. The van der Waals surface area contributed by atoms with Crippen LogP contribution in [0.25, 0.3) is 82.8 Å². The Morgan fingerprint density at radius 1 is 0.368 bits per heavy atom. The summed E-state index contributed by atoms with van der Waals surface area (Å²) in [6.45, 7) is 0. The van der Waals surface area contributed by atoms with E-state index in [1.54, 1.807) is 0 Å². The van der Waals surface area contributed by atoms with E-state index in [1.807, 2.05) is 30.6 Å². The number of fused-ring (bicyclic) bond motifs is 6. The molecule has 11 rings (SSSR count). The van der Waals surface area contributed by atoms with Gasteiger partial charge >= 0.3 is 0 Å². The Hall–Kier alpha value is -7.69. The zero-order valence-electron chi connectivity index (χ0n) is 31.0. The number of hydrogen-bond acceptors (Lipinski definition) is 3. The minimum Gasteiger partial charge on any atom is -0.456 e. The maximum atomic E-state index is 6.31. The SMILES string of the molecule is c1ccc(N(c2ccc(-c3cccnc3)cc2)c2cccc(-c3cccc(-c4ccc5c(c4)c4ccccc4n5-c4ccc5c(c4)oc4ccccc45)c3)c2)cc1. The molecule has 4 nitrogen and oxygen atoms in total. The molecule has 0 aliphatic heterocycles. The molecule has 0 radical (unpaired) electrons. The highest BCUT2D eigenvalue weighted by Crippen LogP contribution is 2.40. The Kier molecular flexibility index (Phi) is 7.78. The highest BCUT2D eigenvalue weighted by atomic mass is 16.3. The van der Waals surface area contributed by atoms with Crippen LogP contribution in [0.5, 0.6) is 0 Å². The monoisotopic (exact) mass is 729 g/mol. The van der Waals surface area contributed by atoms with Crippen LogP contribution in [-0.2, 0) is 0 Å². The number of hydrogen-bond donors (Lipinski definition) is 0. The first-order valence-corrected chi connectivity index (χ1v) is 19.3. The normalized spacial score (nSPS) is 11.5. The number of anilines is 3. The summed E-state index contributed by atoms with van der Waals surface area (Å²) in [6.07, 6.45) is 3.71. The second-order valence-corrected chi connectivity index (χ2v) is 14.5. The number of aromatic nitrogens is 2. The van der Waals surface area contributed by atoms with Crippen molar-refractivity contribution in [3.05, 3.63) is 213 Å². The van der Waals surface area contributed by atoms with Crippen molar-refractivity contribution in [2.75, 3.05) is 4.90 Å². The largest absolute Gasteiger partial charge is 0.456 e. The first kappa shape index (κ1) is 32.7. The van der Waals surface area contributed by atoms with Crippen LogP contribution in [0.15, 0.2) is 217 Å². The predicted octanol–water partition coefficient (Wildman–Crippen LogP) is 14.5. The van der Waals surface area contributed by atoms with Gasteiger partial charge in [0.1, 0.15) is 11.2 Å². The Balaban J connectivity index is 0.968. The van der Waals surface area contributed by atoms with Gasteiger partial charge in [0.2, 0.25) is 0 Å². The number of furan rings is 1. The van der Waals surface area contributed by atoms with Gasteiger partial charge in [0.05, 0.1) is 11.0 Å². The summed E-state index contributed by atoms with van der Waals surface area (Å²) < 4.78 is 8.66. The molecule has 0 spiro atoms. The summed E-state index contributed by atoms with van der Waals surface area (Å²) in [4.78, 5) is 6.63. The van der Waals surface area contributed by atoms with E-state index in [1.165, 1.54) is 27.4 Å². The van der Waals surface area contributed by atoms with Gasteiger partial charge in [-0.25, -0.2) is 0 Å². The highest BCUT2D eigenvalue weighted by molar-refractivity contribution is 6.11. The smallest absolute Gasteiger partial charge is 0.137 e. The third-order valence-corrected chi connectivity index (χ3v) is 11.1. The fourth-order valence-corrected chi connectivity index (χ4v) is 8.35. The molecule has 11 aromatic rings. The molecule has 0 unspecified atom stereocenters. The van der Waals surface area contributed by atoms with Crippen molar-refractivity contribution in [3.63, 3.8) is 0 Å². The molecule has 268 valence electrons. The minimum absolute atomic E-state index is 0.891. The van der Waals surface area contributed by atoms with Gasteiger partial charge in [-0.15, -0.1) is 0 Å². The lowest BCUT2D eigenvalue weighted by atomic mass is 9.97. The molecule has 0 amide bonds. The van der Waals surface area contributed by atoms with Crippen LogP contribution in [0.4, 0.5) is 17.1 Å². The summed E-state index contributed by atoms with van der Waals surface area (Å²) in [7, 11) is 0. The molecule has 0 aliphatic rings. The van der Waals surface area contributed by atoms with E-state index in [-0.39, 0.29) is 0 Å². The van der Waals surface area contributed by atoms with Crippen molar-refractivity contribution < 1.29 is 4.42 Å². The van der Waals surface area contributed by atoms with E-state index >= 15 is 0 Å². The van der Waals surface area contributed by atoms with Crippen molar-refractivity contribution in [2.45, 2.75) is 0 Å². The summed E-state index contributed by atoms with van der Waals surface area (Å²) in [5.74, 6) is 0. The number of pyridine rings is 1. The van der Waals surface area contributed by atoms with Crippen LogP contribution in [0.1, 0.15) is 0 Å². The summed E-state index contributed by atoms with van der Waals surface area (Å²) in [6, 6.07) is 71.4. The van der Waals surface area contributed by atoms with Gasteiger partial charge in [-0.2, -0.15) is 0 Å². The summed E-state index contributed by atoms with van der Waals surface area (Å²) in [5.41, 5.74) is 15.4. The van der Waals surface area contributed by atoms with Crippen LogP contribution in [0.2, 0.25) is 0 Å². The van der Waals surface area contributed by atoms with Gasteiger partial charge in [0, 0.05) is 62.8 Å². The van der Waals surface area contributed by atoms with Gasteiger partial charge in [0.15, 0.2) is 0 Å². The van der Waals surface area contributed by atoms with Crippen molar-refractivity contribution in [1.29, 1.82) is 0 Å². The third-order valence-electron chi connectivity index (χ3n) is 11.1. The molecule has 0 aliphatic carbocycles. The molecule has 0 fully saturated rings. The van der Waals surface area contributed by atoms with Gasteiger partial charge in [-0.05, 0) is 118 Å². The summed E-state index contributed by atoms with van der Waals surface area (Å²) in [5, 5.41) is 4.71. The first-order chi connectivity index (χ1) is 28.2. The van der Waals surface area contributed by atoms with Crippen LogP contribution in [0.3, 0.4) is 0 Å². The van der Waals surface area contributed by atoms with Crippen LogP contribution in [0, 0.1) is 0 Å². The maximum absolute atomic E-state index is 6.31. The predicted molar refractivity (Wildman–Crippen MR) is 237 cm³/mol. The molecule has 4 heteroatoms. The first-order valence-electron chi connectivity index (χ1n) is 19.3. The average Bonchev–Trinajstić information content (AvgIpc) is 3.82. The average molecular weight is 730 g/mol. The van der Waals surface area contributed by atoms with Crippen molar-refractivity contribution in [3.8, 4) is 39.1 Å². The summed E-state index contributed by atoms with van der Waals surface area (Å²) >= 11 is 0. The Bertz CT molecular complexity index is 3230. The van der Waals surface area contributed by atoms with E-state index in [0.717, 1.165) is 72.5 Å². The molecule has 3 aromatic heterocycles. The molecule has 0 atom stereocenters. The maximum Gasteiger partial charge on any atom is 0.137 e. The Morgan fingerprint density at radius 3 is 1.82 bits per heavy atom. The van der Waals surface area contributed by atoms with Gasteiger partial charge in [-0.3, -0.25) is 4.98 Å². The molecule has 0 saturated carbocycles. The number of para-hydroxylation sites is 3. The minimum atomic E-state index is 0.891. The lowest BCUT2D eigenvalue weighted by Gasteiger charge is -2.26. The quantitative estimate of drug-likeness (QED) is 0.164. The van der Waals surface area contributed by atoms with E-state index in [0.29, 0.717) is 0 Å². The van der Waals surface area contributed by atoms with Crippen LogP contribution in [-0.4, -0.2) is 9.55 Å². The van der Waals surface area contributed by atoms with Crippen molar-refractivity contribution >= 4 is 60.8 Å². The number of benzene rings is 8. The molecule has 3 heterocycles. The number of rotatable bonds is 7. The zero-order chi connectivity index (χ0) is 37.7. The fourth-order valence-electron chi connectivity index (χ4n) is 8.35. The van der Waals surface area contributed by atoms with Gasteiger partial charge in [0.25, 0.3) is 0 Å². The molecule has 57 heavy (non-hydrogen) atoms. The molecular weight excluding hydrogens is 695 g/mol. The topological polar surface area (TPSA) is 34.2 Å². The third kappa shape index (κ3) is 5.74.